The third kappa shape index (κ3) is 2.84. The van der Waals surface area contributed by atoms with Crippen molar-refractivity contribution in [3.8, 4) is 5.75 Å². The molecule has 0 radical (unpaired) electrons. The quantitative estimate of drug-likeness (QED) is 0.824. The Kier molecular flexibility index (Phi) is 3.16. The van der Waals surface area contributed by atoms with Gasteiger partial charge in [0.25, 0.3) is 5.91 Å². The summed E-state index contributed by atoms with van der Waals surface area (Å²) in [6, 6.07) is 3.89. The molecule has 0 aliphatic carbocycles. The van der Waals surface area contributed by atoms with Crippen LogP contribution in [0.25, 0.3) is 0 Å². The van der Waals surface area contributed by atoms with E-state index in [2.05, 4.69) is 15.0 Å². The SMILES string of the molecule is O=C(Nc1ccc(O)c(C(F)(F)F)c1)c1ccon1. The Morgan fingerprint density at radius 2 is 2.05 bits per heavy atom. The monoisotopic (exact) mass is 272 g/mol. The van der Waals surface area contributed by atoms with Gasteiger partial charge in [0.1, 0.15) is 12.0 Å². The van der Waals surface area contributed by atoms with E-state index in [1.54, 1.807) is 0 Å². The molecule has 8 heteroatoms. The lowest BCUT2D eigenvalue weighted by Gasteiger charge is -2.11. The number of hydrogen-bond donors (Lipinski definition) is 2. The predicted octanol–water partition coefficient (Wildman–Crippen LogP) is 2.65. The fourth-order valence-corrected chi connectivity index (χ4v) is 1.37. The highest BCUT2D eigenvalue weighted by Gasteiger charge is 2.34. The van der Waals surface area contributed by atoms with Crippen molar-refractivity contribution in [3.05, 3.63) is 41.8 Å². The zero-order valence-corrected chi connectivity index (χ0v) is 9.23. The van der Waals surface area contributed by atoms with Gasteiger partial charge in [-0.05, 0) is 18.2 Å². The third-order valence-corrected chi connectivity index (χ3v) is 2.23. The Morgan fingerprint density at radius 1 is 1.32 bits per heavy atom. The topological polar surface area (TPSA) is 75.4 Å². The molecule has 0 aliphatic heterocycles. The predicted molar refractivity (Wildman–Crippen MR) is 57.6 cm³/mol. The molecule has 0 saturated heterocycles. The summed E-state index contributed by atoms with van der Waals surface area (Å²) in [6.45, 7) is 0. The molecule has 1 aromatic heterocycles. The molecule has 2 aromatic rings. The molecule has 1 amide bonds. The Labute approximate surface area is 104 Å². The first kappa shape index (κ1) is 12.9. The van der Waals surface area contributed by atoms with Gasteiger partial charge in [0, 0.05) is 11.8 Å². The zero-order chi connectivity index (χ0) is 14.0. The molecule has 0 aliphatic rings. The highest BCUT2D eigenvalue weighted by atomic mass is 19.4. The molecule has 0 fully saturated rings. The number of rotatable bonds is 2. The molecule has 0 saturated carbocycles. The van der Waals surface area contributed by atoms with Crippen molar-refractivity contribution in [1.82, 2.24) is 5.16 Å². The Bertz CT molecular complexity index is 594. The minimum atomic E-state index is -4.71. The van der Waals surface area contributed by atoms with E-state index in [0.717, 1.165) is 18.4 Å². The van der Waals surface area contributed by atoms with Gasteiger partial charge in [-0.3, -0.25) is 4.79 Å². The van der Waals surface area contributed by atoms with Gasteiger partial charge in [0.15, 0.2) is 5.69 Å². The Morgan fingerprint density at radius 3 is 2.63 bits per heavy atom. The van der Waals surface area contributed by atoms with Gasteiger partial charge in [0.2, 0.25) is 0 Å². The maximum Gasteiger partial charge on any atom is 0.420 e. The van der Waals surface area contributed by atoms with Crippen LogP contribution in [0.2, 0.25) is 0 Å². The molecule has 0 atom stereocenters. The largest absolute Gasteiger partial charge is 0.507 e. The lowest BCUT2D eigenvalue weighted by Crippen LogP contribution is -2.13. The van der Waals surface area contributed by atoms with E-state index in [1.165, 1.54) is 6.07 Å². The van der Waals surface area contributed by atoms with E-state index in [4.69, 9.17) is 5.11 Å². The molecule has 0 unspecified atom stereocenters. The first-order chi connectivity index (χ1) is 8.88. The van der Waals surface area contributed by atoms with Crippen molar-refractivity contribution in [1.29, 1.82) is 0 Å². The van der Waals surface area contributed by atoms with Crippen molar-refractivity contribution in [2.24, 2.45) is 0 Å². The number of nitrogens with one attached hydrogen (secondary N) is 1. The summed E-state index contributed by atoms with van der Waals surface area (Å²) in [5, 5.41) is 14.7. The van der Waals surface area contributed by atoms with Crippen molar-refractivity contribution in [3.63, 3.8) is 0 Å². The number of phenols is 1. The standard InChI is InChI=1S/C11H7F3N2O3/c12-11(13,14)7-5-6(1-2-9(7)17)15-10(18)8-3-4-19-16-8/h1-5,17H,(H,15,18). The van der Waals surface area contributed by atoms with E-state index in [0.29, 0.717) is 6.07 Å². The Balaban J connectivity index is 2.25. The highest BCUT2D eigenvalue weighted by Crippen LogP contribution is 2.37. The number of carbonyl (C=O) groups is 1. The molecular formula is C11H7F3N2O3. The zero-order valence-electron chi connectivity index (χ0n) is 9.23. The maximum atomic E-state index is 12.5. The average Bonchev–Trinajstić information content (AvgIpc) is 2.83. The van der Waals surface area contributed by atoms with E-state index in [1.807, 2.05) is 0 Å². The summed E-state index contributed by atoms with van der Waals surface area (Å²) in [7, 11) is 0. The van der Waals surface area contributed by atoms with Crippen LogP contribution in [0.5, 0.6) is 5.75 Å². The number of anilines is 1. The van der Waals surface area contributed by atoms with Gasteiger partial charge in [-0.2, -0.15) is 13.2 Å². The Hall–Kier alpha value is -2.51. The van der Waals surface area contributed by atoms with Crippen LogP contribution in [0.4, 0.5) is 18.9 Å². The summed E-state index contributed by atoms with van der Waals surface area (Å²) in [6.07, 6.45) is -3.55. The van der Waals surface area contributed by atoms with Crippen molar-refractivity contribution >= 4 is 11.6 Å². The molecule has 100 valence electrons. The number of aromatic hydroxyl groups is 1. The minimum absolute atomic E-state index is 0.0679. The number of hydrogen-bond acceptors (Lipinski definition) is 4. The molecule has 5 nitrogen and oxygen atoms in total. The van der Waals surface area contributed by atoms with E-state index in [-0.39, 0.29) is 11.4 Å². The van der Waals surface area contributed by atoms with Gasteiger partial charge in [-0.15, -0.1) is 0 Å². The van der Waals surface area contributed by atoms with Crippen molar-refractivity contribution in [2.75, 3.05) is 5.32 Å². The second kappa shape index (κ2) is 4.63. The fraction of sp³-hybridized carbons (Fsp3) is 0.0909. The maximum absolute atomic E-state index is 12.5. The van der Waals surface area contributed by atoms with E-state index >= 15 is 0 Å². The second-order valence-corrected chi connectivity index (χ2v) is 3.57. The molecule has 2 rings (SSSR count). The van der Waals surface area contributed by atoms with Crippen molar-refractivity contribution in [2.45, 2.75) is 6.18 Å². The minimum Gasteiger partial charge on any atom is -0.507 e. The molecule has 2 N–H and O–H groups in total. The number of amides is 1. The lowest BCUT2D eigenvalue weighted by atomic mass is 10.1. The third-order valence-electron chi connectivity index (χ3n) is 2.23. The number of halogens is 3. The van der Waals surface area contributed by atoms with Gasteiger partial charge in [-0.25, -0.2) is 0 Å². The van der Waals surface area contributed by atoms with E-state index in [9.17, 15) is 18.0 Å². The second-order valence-electron chi connectivity index (χ2n) is 3.57. The lowest BCUT2D eigenvalue weighted by molar-refractivity contribution is -0.138. The van der Waals surface area contributed by atoms with Crippen LogP contribution in [-0.2, 0) is 6.18 Å². The smallest absolute Gasteiger partial charge is 0.420 e. The average molecular weight is 272 g/mol. The summed E-state index contributed by atoms with van der Waals surface area (Å²) >= 11 is 0. The summed E-state index contributed by atoms with van der Waals surface area (Å²) < 4.78 is 42.1. The summed E-state index contributed by atoms with van der Waals surface area (Å²) in [5.74, 6) is -1.63. The van der Waals surface area contributed by atoms with Crippen LogP contribution >= 0.6 is 0 Å². The van der Waals surface area contributed by atoms with Gasteiger partial charge in [-0.1, -0.05) is 5.16 Å². The van der Waals surface area contributed by atoms with Crippen LogP contribution in [0.1, 0.15) is 16.1 Å². The summed E-state index contributed by atoms with van der Waals surface area (Å²) in [5.41, 5.74) is -1.41. The van der Waals surface area contributed by atoms with Crippen molar-refractivity contribution < 1.29 is 27.6 Å². The van der Waals surface area contributed by atoms with Crippen LogP contribution in [0, 0.1) is 0 Å². The highest BCUT2D eigenvalue weighted by molar-refractivity contribution is 6.02. The molecule has 1 heterocycles. The van der Waals surface area contributed by atoms with Crippen LogP contribution in [0.3, 0.4) is 0 Å². The number of alkyl halides is 3. The number of carbonyl (C=O) groups excluding carboxylic acids is 1. The van der Waals surface area contributed by atoms with Gasteiger partial charge >= 0.3 is 6.18 Å². The number of aromatic nitrogens is 1. The van der Waals surface area contributed by atoms with Crippen LogP contribution in [-0.4, -0.2) is 16.2 Å². The number of benzene rings is 1. The normalized spacial score (nSPS) is 11.3. The van der Waals surface area contributed by atoms with E-state index < -0.39 is 23.4 Å². The van der Waals surface area contributed by atoms with Gasteiger partial charge in [0.05, 0.1) is 5.56 Å². The molecule has 0 spiro atoms. The van der Waals surface area contributed by atoms with Gasteiger partial charge < -0.3 is 14.9 Å². The molecule has 19 heavy (non-hydrogen) atoms. The number of phenolic OH excluding ortho intramolecular Hbond substituents is 1. The van der Waals surface area contributed by atoms with Crippen LogP contribution in [0.15, 0.2) is 35.1 Å². The fourth-order valence-electron chi connectivity index (χ4n) is 1.37. The molecule has 0 bridgehead atoms. The first-order valence-corrected chi connectivity index (χ1v) is 5.00. The molecule has 1 aromatic carbocycles. The van der Waals surface area contributed by atoms with Crippen LogP contribution < -0.4 is 5.32 Å². The number of nitrogens with zero attached hydrogens (tertiary/aromatic N) is 1. The first-order valence-electron chi connectivity index (χ1n) is 5.00. The molecular weight excluding hydrogens is 265 g/mol. The summed E-state index contributed by atoms with van der Waals surface area (Å²) in [4.78, 5) is 11.5.